The largest absolute Gasteiger partial charge is 0.463 e. The van der Waals surface area contributed by atoms with Crippen LogP contribution in [0.2, 0.25) is 0 Å². The predicted octanol–water partition coefficient (Wildman–Crippen LogP) is 0.235. The summed E-state index contributed by atoms with van der Waals surface area (Å²) in [5.41, 5.74) is 5.73. The standard InChI is InChI=1S/C12H24N2O3/c1-10(2)9-11(13)12(15)17-8-5-14-3-6-16-7-4-14/h10-11H,3-9,13H2,1-2H3/t11-/m0/s1. The first-order chi connectivity index (χ1) is 8.09. The number of ether oxygens (including phenoxy) is 2. The summed E-state index contributed by atoms with van der Waals surface area (Å²) in [6.45, 7) is 8.63. The molecular formula is C12H24N2O3. The van der Waals surface area contributed by atoms with Crippen molar-refractivity contribution in [2.24, 2.45) is 11.7 Å². The van der Waals surface area contributed by atoms with Crippen LogP contribution in [0.5, 0.6) is 0 Å². The van der Waals surface area contributed by atoms with Gasteiger partial charge >= 0.3 is 5.97 Å². The van der Waals surface area contributed by atoms with Crippen LogP contribution in [-0.4, -0.2) is 56.4 Å². The maximum atomic E-state index is 11.5. The Balaban J connectivity index is 2.10. The first-order valence-electron chi connectivity index (χ1n) is 6.32. The average molecular weight is 244 g/mol. The summed E-state index contributed by atoms with van der Waals surface area (Å²) in [7, 11) is 0. The summed E-state index contributed by atoms with van der Waals surface area (Å²) >= 11 is 0. The smallest absolute Gasteiger partial charge is 0.322 e. The third-order valence-electron chi connectivity index (χ3n) is 2.78. The molecule has 0 aliphatic carbocycles. The van der Waals surface area contributed by atoms with Crippen LogP contribution in [0.25, 0.3) is 0 Å². The fraction of sp³-hybridized carbons (Fsp3) is 0.917. The molecule has 0 unspecified atom stereocenters. The molecule has 100 valence electrons. The fourth-order valence-corrected chi connectivity index (χ4v) is 1.81. The lowest BCUT2D eigenvalue weighted by atomic mass is 10.1. The molecule has 5 heteroatoms. The lowest BCUT2D eigenvalue weighted by Crippen LogP contribution is -2.40. The second-order valence-corrected chi connectivity index (χ2v) is 4.86. The van der Waals surface area contributed by atoms with Crippen LogP contribution in [-0.2, 0) is 14.3 Å². The molecule has 0 bridgehead atoms. The highest BCUT2D eigenvalue weighted by Crippen LogP contribution is 2.04. The number of hydrogen-bond acceptors (Lipinski definition) is 5. The molecule has 1 heterocycles. The maximum absolute atomic E-state index is 11.5. The van der Waals surface area contributed by atoms with Gasteiger partial charge in [0.2, 0.25) is 0 Å². The molecule has 5 nitrogen and oxygen atoms in total. The summed E-state index contributed by atoms with van der Waals surface area (Å²) in [5.74, 6) is 0.128. The van der Waals surface area contributed by atoms with Crippen molar-refractivity contribution in [2.75, 3.05) is 39.5 Å². The summed E-state index contributed by atoms with van der Waals surface area (Å²) < 4.78 is 10.4. The molecular weight excluding hydrogens is 220 g/mol. The van der Waals surface area contributed by atoms with Crippen LogP contribution in [0.15, 0.2) is 0 Å². The third kappa shape index (κ3) is 6.00. The average Bonchev–Trinajstić information content (AvgIpc) is 2.29. The minimum atomic E-state index is -0.486. The van der Waals surface area contributed by atoms with E-state index in [1.807, 2.05) is 13.8 Å². The zero-order valence-electron chi connectivity index (χ0n) is 10.9. The van der Waals surface area contributed by atoms with E-state index in [0.717, 1.165) is 32.8 Å². The molecule has 0 aromatic carbocycles. The van der Waals surface area contributed by atoms with Gasteiger partial charge in [-0.1, -0.05) is 13.8 Å². The van der Waals surface area contributed by atoms with Crippen molar-refractivity contribution in [3.05, 3.63) is 0 Å². The van der Waals surface area contributed by atoms with Crippen molar-refractivity contribution in [3.8, 4) is 0 Å². The van der Waals surface area contributed by atoms with Crippen LogP contribution >= 0.6 is 0 Å². The van der Waals surface area contributed by atoms with Gasteiger partial charge in [-0.15, -0.1) is 0 Å². The Kier molecular flexibility index (Phi) is 6.47. The second-order valence-electron chi connectivity index (χ2n) is 4.86. The molecule has 0 aromatic heterocycles. The van der Waals surface area contributed by atoms with Crippen molar-refractivity contribution in [1.29, 1.82) is 0 Å². The van der Waals surface area contributed by atoms with Gasteiger partial charge in [-0.2, -0.15) is 0 Å². The molecule has 1 aliphatic rings. The number of carbonyl (C=O) groups excluding carboxylic acids is 1. The van der Waals surface area contributed by atoms with Crippen molar-refractivity contribution in [1.82, 2.24) is 4.90 Å². The quantitative estimate of drug-likeness (QED) is 0.678. The van der Waals surface area contributed by atoms with E-state index in [0.29, 0.717) is 18.9 Å². The van der Waals surface area contributed by atoms with Crippen molar-refractivity contribution in [2.45, 2.75) is 26.3 Å². The van der Waals surface area contributed by atoms with E-state index in [1.54, 1.807) is 0 Å². The SMILES string of the molecule is CC(C)C[C@H](N)C(=O)OCCN1CCOCC1. The molecule has 1 saturated heterocycles. The van der Waals surface area contributed by atoms with Gasteiger partial charge in [0.1, 0.15) is 12.6 Å². The van der Waals surface area contributed by atoms with Gasteiger partial charge < -0.3 is 15.2 Å². The van der Waals surface area contributed by atoms with E-state index in [1.165, 1.54) is 0 Å². The lowest BCUT2D eigenvalue weighted by Gasteiger charge is -2.26. The monoisotopic (exact) mass is 244 g/mol. The first kappa shape index (κ1) is 14.4. The Morgan fingerprint density at radius 1 is 1.41 bits per heavy atom. The van der Waals surface area contributed by atoms with Crippen LogP contribution in [0, 0.1) is 5.92 Å². The molecule has 1 aliphatic heterocycles. The molecule has 0 saturated carbocycles. The Bertz CT molecular complexity index is 228. The van der Waals surface area contributed by atoms with E-state index in [2.05, 4.69) is 4.90 Å². The summed E-state index contributed by atoms with van der Waals surface area (Å²) in [6, 6.07) is -0.486. The fourth-order valence-electron chi connectivity index (χ4n) is 1.81. The van der Waals surface area contributed by atoms with Gasteiger partial charge in [-0.25, -0.2) is 0 Å². The number of hydrogen-bond donors (Lipinski definition) is 1. The molecule has 2 N–H and O–H groups in total. The van der Waals surface area contributed by atoms with E-state index < -0.39 is 6.04 Å². The normalized spacial score (nSPS) is 19.3. The number of nitrogens with zero attached hydrogens (tertiary/aromatic N) is 1. The minimum Gasteiger partial charge on any atom is -0.463 e. The van der Waals surface area contributed by atoms with Gasteiger partial charge in [-0.3, -0.25) is 9.69 Å². The zero-order valence-corrected chi connectivity index (χ0v) is 10.9. The highest BCUT2D eigenvalue weighted by atomic mass is 16.5. The van der Waals surface area contributed by atoms with E-state index in [4.69, 9.17) is 15.2 Å². The van der Waals surface area contributed by atoms with E-state index in [-0.39, 0.29) is 5.97 Å². The topological polar surface area (TPSA) is 64.8 Å². The lowest BCUT2D eigenvalue weighted by molar-refractivity contribution is -0.146. The van der Waals surface area contributed by atoms with Gasteiger partial charge in [0, 0.05) is 19.6 Å². The predicted molar refractivity (Wildman–Crippen MR) is 65.6 cm³/mol. The molecule has 0 aromatic rings. The van der Waals surface area contributed by atoms with Crippen LogP contribution in [0.4, 0.5) is 0 Å². The van der Waals surface area contributed by atoms with Crippen LogP contribution in [0.1, 0.15) is 20.3 Å². The summed E-state index contributed by atoms with van der Waals surface area (Å²) in [4.78, 5) is 13.8. The minimum absolute atomic E-state index is 0.285. The third-order valence-corrected chi connectivity index (χ3v) is 2.78. The van der Waals surface area contributed by atoms with Gasteiger partial charge in [0.05, 0.1) is 13.2 Å². The van der Waals surface area contributed by atoms with E-state index >= 15 is 0 Å². The Labute approximate surface area is 103 Å². The molecule has 1 atom stereocenters. The molecule has 0 spiro atoms. The highest BCUT2D eigenvalue weighted by molar-refractivity contribution is 5.75. The number of carbonyl (C=O) groups is 1. The number of morpholine rings is 1. The molecule has 1 rings (SSSR count). The molecule has 1 fully saturated rings. The molecule has 0 radical (unpaired) electrons. The van der Waals surface area contributed by atoms with Gasteiger partial charge in [0.25, 0.3) is 0 Å². The maximum Gasteiger partial charge on any atom is 0.322 e. The second kappa shape index (κ2) is 7.63. The zero-order chi connectivity index (χ0) is 12.7. The van der Waals surface area contributed by atoms with Gasteiger partial charge in [-0.05, 0) is 12.3 Å². The number of esters is 1. The van der Waals surface area contributed by atoms with Crippen molar-refractivity contribution in [3.63, 3.8) is 0 Å². The highest BCUT2D eigenvalue weighted by Gasteiger charge is 2.17. The van der Waals surface area contributed by atoms with E-state index in [9.17, 15) is 4.79 Å². The van der Waals surface area contributed by atoms with Crippen LogP contribution in [0.3, 0.4) is 0 Å². The molecule has 17 heavy (non-hydrogen) atoms. The van der Waals surface area contributed by atoms with Gasteiger partial charge in [0.15, 0.2) is 0 Å². The summed E-state index contributed by atoms with van der Waals surface area (Å²) in [6.07, 6.45) is 0.677. The Hall–Kier alpha value is -0.650. The summed E-state index contributed by atoms with van der Waals surface area (Å²) in [5, 5.41) is 0. The van der Waals surface area contributed by atoms with Crippen LogP contribution < -0.4 is 5.73 Å². The number of nitrogens with two attached hydrogens (primary N) is 1. The number of rotatable bonds is 6. The Morgan fingerprint density at radius 2 is 2.06 bits per heavy atom. The molecule has 0 amide bonds. The van der Waals surface area contributed by atoms with Crippen molar-refractivity contribution < 1.29 is 14.3 Å². The Morgan fingerprint density at radius 3 is 2.65 bits per heavy atom. The van der Waals surface area contributed by atoms with Crippen molar-refractivity contribution >= 4 is 5.97 Å². The first-order valence-corrected chi connectivity index (χ1v) is 6.32.